The van der Waals surface area contributed by atoms with E-state index in [4.69, 9.17) is 21.4 Å². The topological polar surface area (TPSA) is 91.8 Å². The summed E-state index contributed by atoms with van der Waals surface area (Å²) in [4.78, 5) is 30.2. The predicted octanol–water partition coefficient (Wildman–Crippen LogP) is 3.06. The molecule has 0 aliphatic carbocycles. The maximum absolute atomic E-state index is 12.6. The van der Waals surface area contributed by atoms with Crippen LogP contribution in [0.3, 0.4) is 0 Å². The Balaban J connectivity index is 1.70. The van der Waals surface area contributed by atoms with Gasteiger partial charge in [-0.15, -0.1) is 0 Å². The van der Waals surface area contributed by atoms with E-state index in [1.54, 1.807) is 48.4 Å². The summed E-state index contributed by atoms with van der Waals surface area (Å²) in [5, 5.41) is 12.6. The Morgan fingerprint density at radius 3 is 2.65 bits per heavy atom. The highest BCUT2D eigenvalue weighted by atomic mass is 35.5. The molecule has 0 unspecified atom stereocenters. The van der Waals surface area contributed by atoms with E-state index in [1.807, 2.05) is 12.1 Å². The lowest BCUT2D eigenvalue weighted by molar-refractivity contribution is -0.130. The van der Waals surface area contributed by atoms with Crippen molar-refractivity contribution in [2.24, 2.45) is 0 Å². The number of aliphatic hydroxyl groups excluding tert-OH is 1. The Morgan fingerprint density at radius 2 is 2.00 bits per heavy atom. The number of aromatic nitrogens is 1. The van der Waals surface area contributed by atoms with Crippen LogP contribution in [-0.4, -0.2) is 52.6 Å². The summed E-state index contributed by atoms with van der Waals surface area (Å²) in [6.45, 7) is 3.09. The summed E-state index contributed by atoms with van der Waals surface area (Å²) >= 11 is 5.89. The van der Waals surface area contributed by atoms with Crippen molar-refractivity contribution in [3.05, 3.63) is 64.4 Å². The molecule has 1 aliphatic heterocycles. The zero-order chi connectivity index (χ0) is 22.2. The monoisotopic (exact) mass is 443 g/mol. The Kier molecular flexibility index (Phi) is 8.03. The number of hydrogen-bond donors (Lipinski definition) is 2. The standard InChI is InChI=1S/C23H26ClN3O4/c1-16(29)27-10-8-20(9-11-27)31-22-13-21(25-15-18(22)3-2-12-28)23(30)26-14-17-4-6-19(24)7-5-17/h2-7,13,15,20,28H,8-12,14H2,1H3,(H,26,30)/b3-2+. The number of piperidine rings is 1. The number of rotatable bonds is 7. The van der Waals surface area contributed by atoms with Crippen LogP contribution in [0.1, 0.15) is 41.4 Å². The van der Waals surface area contributed by atoms with Gasteiger partial charge in [0.15, 0.2) is 0 Å². The molecule has 1 saturated heterocycles. The molecule has 1 fully saturated rings. The van der Waals surface area contributed by atoms with Crippen LogP contribution in [0.15, 0.2) is 42.6 Å². The first kappa shape index (κ1) is 22.8. The van der Waals surface area contributed by atoms with Gasteiger partial charge in [-0.05, 0) is 17.7 Å². The van der Waals surface area contributed by atoms with Gasteiger partial charge in [-0.2, -0.15) is 0 Å². The van der Waals surface area contributed by atoms with Crippen LogP contribution >= 0.6 is 11.6 Å². The maximum Gasteiger partial charge on any atom is 0.270 e. The van der Waals surface area contributed by atoms with Gasteiger partial charge in [-0.1, -0.05) is 35.9 Å². The van der Waals surface area contributed by atoms with Crippen molar-refractivity contribution in [2.45, 2.75) is 32.4 Å². The molecule has 2 heterocycles. The van der Waals surface area contributed by atoms with Crippen LogP contribution in [-0.2, 0) is 11.3 Å². The van der Waals surface area contributed by atoms with E-state index < -0.39 is 0 Å². The average molecular weight is 444 g/mol. The Bertz CT molecular complexity index is 938. The molecular weight excluding hydrogens is 418 g/mol. The summed E-state index contributed by atoms with van der Waals surface area (Å²) < 4.78 is 6.17. The SMILES string of the molecule is CC(=O)N1CCC(Oc2cc(C(=O)NCc3ccc(Cl)cc3)ncc2/C=C/CO)CC1. The average Bonchev–Trinajstić information content (AvgIpc) is 2.78. The fraction of sp³-hybridized carbons (Fsp3) is 0.348. The lowest BCUT2D eigenvalue weighted by atomic mass is 10.1. The largest absolute Gasteiger partial charge is 0.490 e. The fourth-order valence-corrected chi connectivity index (χ4v) is 3.45. The maximum atomic E-state index is 12.6. The Morgan fingerprint density at radius 1 is 1.29 bits per heavy atom. The molecule has 8 heteroatoms. The number of halogens is 1. The molecule has 2 amide bonds. The van der Waals surface area contributed by atoms with Crippen LogP contribution in [0.5, 0.6) is 5.75 Å². The van der Waals surface area contributed by atoms with Crippen molar-refractivity contribution in [1.29, 1.82) is 0 Å². The smallest absolute Gasteiger partial charge is 0.270 e. The molecule has 7 nitrogen and oxygen atoms in total. The highest BCUT2D eigenvalue weighted by molar-refractivity contribution is 6.30. The van der Waals surface area contributed by atoms with Gasteiger partial charge < -0.3 is 20.1 Å². The van der Waals surface area contributed by atoms with Crippen molar-refractivity contribution in [3.63, 3.8) is 0 Å². The number of amides is 2. The number of likely N-dealkylation sites (tertiary alicyclic amines) is 1. The van der Waals surface area contributed by atoms with Crippen LogP contribution in [0, 0.1) is 0 Å². The lowest BCUT2D eigenvalue weighted by Gasteiger charge is -2.31. The van der Waals surface area contributed by atoms with E-state index in [0.717, 1.165) is 5.56 Å². The molecule has 1 aliphatic rings. The third-order valence-corrected chi connectivity index (χ3v) is 5.33. The molecule has 1 aromatic heterocycles. The molecule has 164 valence electrons. The predicted molar refractivity (Wildman–Crippen MR) is 119 cm³/mol. The van der Waals surface area contributed by atoms with Crippen LogP contribution in [0.2, 0.25) is 5.02 Å². The minimum atomic E-state index is -0.316. The molecule has 0 bridgehead atoms. The molecule has 3 rings (SSSR count). The van der Waals surface area contributed by atoms with E-state index in [0.29, 0.717) is 48.8 Å². The van der Waals surface area contributed by atoms with E-state index in [1.165, 1.54) is 0 Å². The molecule has 2 N–H and O–H groups in total. The van der Waals surface area contributed by atoms with Gasteiger partial charge in [-0.3, -0.25) is 14.6 Å². The zero-order valence-electron chi connectivity index (χ0n) is 17.4. The highest BCUT2D eigenvalue weighted by Gasteiger charge is 2.23. The van der Waals surface area contributed by atoms with Gasteiger partial charge in [0.25, 0.3) is 5.91 Å². The number of carbonyl (C=O) groups excluding carboxylic acids is 2. The van der Waals surface area contributed by atoms with Crippen molar-refractivity contribution in [3.8, 4) is 5.75 Å². The van der Waals surface area contributed by atoms with Crippen LogP contribution in [0.25, 0.3) is 6.08 Å². The molecule has 0 spiro atoms. The minimum Gasteiger partial charge on any atom is -0.490 e. The van der Waals surface area contributed by atoms with Gasteiger partial charge in [0.2, 0.25) is 5.91 Å². The van der Waals surface area contributed by atoms with Gasteiger partial charge in [0, 0.05) is 62.2 Å². The molecule has 0 atom stereocenters. The third-order valence-electron chi connectivity index (χ3n) is 5.08. The third kappa shape index (κ3) is 6.54. The summed E-state index contributed by atoms with van der Waals surface area (Å²) in [6, 6.07) is 8.85. The zero-order valence-corrected chi connectivity index (χ0v) is 18.1. The van der Waals surface area contributed by atoms with E-state index >= 15 is 0 Å². The molecule has 1 aromatic carbocycles. The van der Waals surface area contributed by atoms with Crippen LogP contribution in [0.4, 0.5) is 0 Å². The van der Waals surface area contributed by atoms with E-state index in [2.05, 4.69) is 10.3 Å². The van der Waals surface area contributed by atoms with Crippen molar-refractivity contribution >= 4 is 29.5 Å². The summed E-state index contributed by atoms with van der Waals surface area (Å²) in [6.07, 6.45) is 6.21. The number of nitrogens with one attached hydrogen (secondary N) is 1. The fourth-order valence-electron chi connectivity index (χ4n) is 3.32. The first-order valence-corrected chi connectivity index (χ1v) is 10.6. The Hall–Kier alpha value is -2.90. The first-order chi connectivity index (χ1) is 15.0. The molecule has 0 saturated carbocycles. The van der Waals surface area contributed by atoms with Gasteiger partial charge in [0.05, 0.1) is 6.61 Å². The van der Waals surface area contributed by atoms with E-state index in [-0.39, 0.29) is 30.2 Å². The summed E-state index contributed by atoms with van der Waals surface area (Å²) in [5.41, 5.74) is 1.84. The number of nitrogens with zero attached hydrogens (tertiary/aromatic N) is 2. The van der Waals surface area contributed by atoms with E-state index in [9.17, 15) is 9.59 Å². The number of pyridine rings is 1. The summed E-state index contributed by atoms with van der Waals surface area (Å²) in [5.74, 6) is 0.273. The van der Waals surface area contributed by atoms with Crippen molar-refractivity contribution in [2.75, 3.05) is 19.7 Å². The number of ether oxygens (including phenoxy) is 1. The normalized spacial score (nSPS) is 14.6. The molecule has 2 aromatic rings. The van der Waals surface area contributed by atoms with Gasteiger partial charge in [-0.25, -0.2) is 0 Å². The Labute approximate surface area is 186 Å². The quantitative estimate of drug-likeness (QED) is 0.686. The number of benzene rings is 1. The number of carbonyl (C=O) groups is 2. The van der Waals surface area contributed by atoms with Crippen LogP contribution < -0.4 is 10.1 Å². The molecule has 31 heavy (non-hydrogen) atoms. The lowest BCUT2D eigenvalue weighted by Crippen LogP contribution is -2.40. The second-order valence-corrected chi connectivity index (χ2v) is 7.76. The summed E-state index contributed by atoms with van der Waals surface area (Å²) in [7, 11) is 0. The first-order valence-electron chi connectivity index (χ1n) is 10.2. The number of hydrogen-bond acceptors (Lipinski definition) is 5. The van der Waals surface area contributed by atoms with Crippen molar-refractivity contribution < 1.29 is 19.4 Å². The minimum absolute atomic E-state index is 0.0635. The highest BCUT2D eigenvalue weighted by Crippen LogP contribution is 2.25. The molecule has 0 radical (unpaired) electrons. The van der Waals surface area contributed by atoms with Gasteiger partial charge in [0.1, 0.15) is 17.5 Å². The number of aliphatic hydroxyl groups is 1. The second kappa shape index (κ2) is 10.9. The second-order valence-electron chi connectivity index (χ2n) is 7.32. The van der Waals surface area contributed by atoms with Crippen molar-refractivity contribution in [1.82, 2.24) is 15.2 Å². The van der Waals surface area contributed by atoms with Gasteiger partial charge >= 0.3 is 0 Å². The molecular formula is C23H26ClN3O4.